The van der Waals surface area contributed by atoms with Crippen molar-refractivity contribution < 1.29 is 0 Å². The molecule has 0 saturated heterocycles. The summed E-state index contributed by atoms with van der Waals surface area (Å²) >= 11 is 0. The molecule has 1 fully saturated rings. The maximum atomic E-state index is 2.32. The van der Waals surface area contributed by atoms with Crippen molar-refractivity contribution in [1.29, 1.82) is 0 Å². The number of rotatable bonds is 4. The van der Waals surface area contributed by atoms with Crippen molar-refractivity contribution in [3.05, 3.63) is 0 Å². The van der Waals surface area contributed by atoms with E-state index < -0.39 is 0 Å². The Kier molecular flexibility index (Phi) is 4.79. The Balaban J connectivity index is 0.000001000. The van der Waals surface area contributed by atoms with E-state index in [9.17, 15) is 0 Å². The van der Waals surface area contributed by atoms with E-state index in [1.807, 2.05) is 0 Å². The molecular weight excluding hydrogens is 132 g/mol. The molecule has 0 heteroatoms. The fraction of sp³-hybridized carbons (Fsp3) is 1.00. The predicted octanol–water partition coefficient (Wildman–Crippen LogP) is 4.39. The van der Waals surface area contributed by atoms with E-state index in [1.54, 1.807) is 0 Å². The molecule has 11 heavy (non-hydrogen) atoms. The topological polar surface area (TPSA) is 0 Å². The SMILES string of the molecule is C.CCCC1(CCC)CCC1. The molecule has 0 heterocycles. The second kappa shape index (κ2) is 4.79. The minimum atomic E-state index is 0. The van der Waals surface area contributed by atoms with Gasteiger partial charge in [-0.15, -0.1) is 0 Å². The average molecular weight is 156 g/mol. The molecule has 0 aromatic rings. The molecule has 0 aliphatic heterocycles. The molecule has 0 N–H and O–H groups in total. The Morgan fingerprint density at radius 2 is 1.45 bits per heavy atom. The predicted molar refractivity (Wildman–Crippen MR) is 52.8 cm³/mol. The first kappa shape index (κ1) is 11.0. The van der Waals surface area contributed by atoms with Gasteiger partial charge in [0.15, 0.2) is 0 Å². The average Bonchev–Trinajstić information content (AvgIpc) is 1.84. The van der Waals surface area contributed by atoms with Gasteiger partial charge in [-0.3, -0.25) is 0 Å². The molecule has 0 spiro atoms. The Morgan fingerprint density at radius 1 is 1.00 bits per heavy atom. The van der Waals surface area contributed by atoms with Gasteiger partial charge < -0.3 is 0 Å². The van der Waals surface area contributed by atoms with Crippen LogP contribution >= 0.6 is 0 Å². The maximum Gasteiger partial charge on any atom is -0.0298 e. The summed E-state index contributed by atoms with van der Waals surface area (Å²) in [5.41, 5.74) is 0.823. The van der Waals surface area contributed by atoms with E-state index in [2.05, 4.69) is 13.8 Å². The van der Waals surface area contributed by atoms with Gasteiger partial charge in [0.05, 0.1) is 0 Å². The van der Waals surface area contributed by atoms with E-state index >= 15 is 0 Å². The third-order valence-corrected chi connectivity index (χ3v) is 2.97. The first-order valence-corrected chi connectivity index (χ1v) is 4.83. The highest BCUT2D eigenvalue weighted by atomic mass is 14.4. The Labute approximate surface area is 72.4 Å². The summed E-state index contributed by atoms with van der Waals surface area (Å²) in [6.45, 7) is 4.63. The van der Waals surface area contributed by atoms with Crippen LogP contribution in [0.1, 0.15) is 66.2 Å². The Morgan fingerprint density at radius 3 is 1.64 bits per heavy atom. The van der Waals surface area contributed by atoms with Crippen molar-refractivity contribution in [1.82, 2.24) is 0 Å². The zero-order valence-electron chi connectivity index (χ0n) is 7.45. The Hall–Kier alpha value is 0. The van der Waals surface area contributed by atoms with E-state index in [0.29, 0.717) is 0 Å². The minimum Gasteiger partial charge on any atom is -0.0776 e. The summed E-state index contributed by atoms with van der Waals surface area (Å²) in [5.74, 6) is 0. The van der Waals surface area contributed by atoms with Crippen LogP contribution in [0.25, 0.3) is 0 Å². The van der Waals surface area contributed by atoms with Crippen molar-refractivity contribution in [2.24, 2.45) is 5.41 Å². The standard InChI is InChI=1S/C10H20.CH4/c1-3-6-10(7-4-2)8-5-9-10;/h3-9H2,1-2H3;1H4. The summed E-state index contributed by atoms with van der Waals surface area (Å²) in [6, 6.07) is 0. The monoisotopic (exact) mass is 156 g/mol. The summed E-state index contributed by atoms with van der Waals surface area (Å²) in [4.78, 5) is 0. The third-order valence-electron chi connectivity index (χ3n) is 2.97. The van der Waals surface area contributed by atoms with Crippen molar-refractivity contribution in [3.63, 3.8) is 0 Å². The van der Waals surface area contributed by atoms with Gasteiger partial charge in [-0.05, 0) is 31.1 Å². The van der Waals surface area contributed by atoms with Gasteiger partial charge in [0, 0.05) is 0 Å². The molecule has 0 bridgehead atoms. The van der Waals surface area contributed by atoms with Crippen molar-refractivity contribution in [2.45, 2.75) is 66.2 Å². The summed E-state index contributed by atoms with van der Waals surface area (Å²) in [5, 5.41) is 0. The lowest BCUT2D eigenvalue weighted by Gasteiger charge is -2.42. The second-order valence-corrected chi connectivity index (χ2v) is 3.85. The second-order valence-electron chi connectivity index (χ2n) is 3.85. The smallest absolute Gasteiger partial charge is 0.0298 e. The zero-order chi connectivity index (χ0) is 7.45. The maximum absolute atomic E-state index is 2.32. The minimum absolute atomic E-state index is 0. The van der Waals surface area contributed by atoms with Crippen LogP contribution in [0.5, 0.6) is 0 Å². The molecule has 0 aromatic carbocycles. The van der Waals surface area contributed by atoms with Crippen LogP contribution < -0.4 is 0 Å². The summed E-state index contributed by atoms with van der Waals surface area (Å²) in [6.07, 6.45) is 10.3. The van der Waals surface area contributed by atoms with Gasteiger partial charge in [0.2, 0.25) is 0 Å². The van der Waals surface area contributed by atoms with Gasteiger partial charge in [0.1, 0.15) is 0 Å². The van der Waals surface area contributed by atoms with Crippen LogP contribution in [0, 0.1) is 5.41 Å². The number of hydrogen-bond donors (Lipinski definition) is 0. The van der Waals surface area contributed by atoms with Crippen LogP contribution in [0.4, 0.5) is 0 Å². The first-order chi connectivity index (χ1) is 4.83. The van der Waals surface area contributed by atoms with Crippen molar-refractivity contribution >= 4 is 0 Å². The van der Waals surface area contributed by atoms with Crippen LogP contribution in [-0.4, -0.2) is 0 Å². The van der Waals surface area contributed by atoms with Crippen LogP contribution in [0.3, 0.4) is 0 Å². The largest absolute Gasteiger partial charge is 0.0776 e. The van der Waals surface area contributed by atoms with Crippen molar-refractivity contribution in [2.75, 3.05) is 0 Å². The van der Waals surface area contributed by atoms with E-state index in [0.717, 1.165) is 5.41 Å². The normalized spacial score (nSPS) is 20.2. The van der Waals surface area contributed by atoms with Gasteiger partial charge in [-0.25, -0.2) is 0 Å². The molecule has 1 saturated carbocycles. The molecule has 0 aromatic heterocycles. The fourth-order valence-electron chi connectivity index (χ4n) is 2.36. The highest BCUT2D eigenvalue weighted by Gasteiger charge is 2.34. The van der Waals surface area contributed by atoms with Crippen LogP contribution in [-0.2, 0) is 0 Å². The lowest BCUT2D eigenvalue weighted by Crippen LogP contribution is -2.28. The quantitative estimate of drug-likeness (QED) is 0.566. The highest BCUT2D eigenvalue weighted by Crippen LogP contribution is 2.48. The van der Waals surface area contributed by atoms with Gasteiger partial charge >= 0.3 is 0 Å². The lowest BCUT2D eigenvalue weighted by molar-refractivity contribution is 0.104. The zero-order valence-corrected chi connectivity index (χ0v) is 7.45. The van der Waals surface area contributed by atoms with E-state index in [4.69, 9.17) is 0 Å². The molecule has 1 rings (SSSR count). The summed E-state index contributed by atoms with van der Waals surface area (Å²) in [7, 11) is 0. The van der Waals surface area contributed by atoms with Crippen LogP contribution in [0.2, 0.25) is 0 Å². The fourth-order valence-corrected chi connectivity index (χ4v) is 2.36. The molecule has 0 radical (unpaired) electrons. The van der Waals surface area contributed by atoms with E-state index in [1.165, 1.54) is 44.9 Å². The van der Waals surface area contributed by atoms with Gasteiger partial charge in [-0.1, -0.05) is 40.5 Å². The molecule has 0 nitrogen and oxygen atoms in total. The molecule has 68 valence electrons. The molecular formula is C11H24. The molecule has 1 aliphatic carbocycles. The lowest BCUT2D eigenvalue weighted by atomic mass is 9.64. The molecule has 0 unspecified atom stereocenters. The third kappa shape index (κ3) is 2.50. The van der Waals surface area contributed by atoms with Gasteiger partial charge in [-0.2, -0.15) is 0 Å². The van der Waals surface area contributed by atoms with Crippen molar-refractivity contribution in [3.8, 4) is 0 Å². The summed E-state index contributed by atoms with van der Waals surface area (Å²) < 4.78 is 0. The Bertz CT molecular complexity index is 82.2. The first-order valence-electron chi connectivity index (χ1n) is 4.83. The van der Waals surface area contributed by atoms with Crippen LogP contribution in [0.15, 0.2) is 0 Å². The van der Waals surface area contributed by atoms with E-state index in [-0.39, 0.29) is 7.43 Å². The molecule has 0 amide bonds. The van der Waals surface area contributed by atoms with Gasteiger partial charge in [0.25, 0.3) is 0 Å². The molecule has 1 aliphatic rings. The molecule has 0 atom stereocenters. The number of hydrogen-bond acceptors (Lipinski definition) is 0. The highest BCUT2D eigenvalue weighted by molar-refractivity contribution is 4.86.